The van der Waals surface area contributed by atoms with Gasteiger partial charge in [-0.25, -0.2) is 9.97 Å². The molecule has 0 spiro atoms. The van der Waals surface area contributed by atoms with Crippen LogP contribution in [-0.4, -0.2) is 19.9 Å². The normalized spacial score (nSPS) is 16.0. The highest BCUT2D eigenvalue weighted by Crippen LogP contribution is 2.61. The third kappa shape index (κ3) is 4.14. The molecule has 0 atom stereocenters. The van der Waals surface area contributed by atoms with Gasteiger partial charge in [0.15, 0.2) is 0 Å². The first-order chi connectivity index (χ1) is 28.5. The van der Waals surface area contributed by atoms with Gasteiger partial charge in [0, 0.05) is 27.4 Å². The molecule has 0 radical (unpaired) electrons. The Morgan fingerprint density at radius 3 is 1.08 bits per heavy atom. The second-order valence-electron chi connectivity index (χ2n) is 18.8. The van der Waals surface area contributed by atoms with Gasteiger partial charge in [-0.15, -0.1) is 0 Å². The fraction of sp³-hybridized carbons (Fsp3) is 0.164. The number of nitrogens with one attached hydrogen (secondary N) is 2. The molecule has 3 aliphatic rings. The van der Waals surface area contributed by atoms with Gasteiger partial charge in [-0.1, -0.05) is 114 Å². The van der Waals surface area contributed by atoms with Gasteiger partial charge in [0.1, 0.15) is 11.6 Å². The third-order valence-electron chi connectivity index (χ3n) is 14.6. The average Bonchev–Trinajstić information content (AvgIpc) is 4.02. The van der Waals surface area contributed by atoms with Crippen LogP contribution in [0.5, 0.6) is 0 Å². The van der Waals surface area contributed by atoms with Crippen molar-refractivity contribution in [3.63, 3.8) is 0 Å². The number of rotatable bonds is 2. The van der Waals surface area contributed by atoms with E-state index < -0.39 is 0 Å². The van der Waals surface area contributed by atoms with Crippen molar-refractivity contribution in [3.05, 3.63) is 167 Å². The second-order valence-corrected chi connectivity index (χ2v) is 18.8. The van der Waals surface area contributed by atoms with Crippen LogP contribution in [0.1, 0.15) is 74.9 Å². The molecule has 13 rings (SSSR count). The smallest absolute Gasteiger partial charge is 0.139 e. The number of imidazole rings is 2. The Hall–Kier alpha value is -6.78. The first-order valence-electron chi connectivity index (χ1n) is 20.9. The van der Waals surface area contributed by atoms with E-state index in [9.17, 15) is 0 Å². The molecular weight excluding hydrogens is 717 g/mol. The zero-order valence-corrected chi connectivity index (χ0v) is 34.1. The molecule has 282 valence electrons. The largest absolute Gasteiger partial charge is 0.338 e. The summed E-state index contributed by atoms with van der Waals surface area (Å²) in [7, 11) is 0. The highest BCUT2D eigenvalue weighted by atomic mass is 14.9. The highest BCUT2D eigenvalue weighted by molar-refractivity contribution is 6.11. The lowest BCUT2D eigenvalue weighted by Gasteiger charge is -2.25. The number of benzene rings is 8. The van der Waals surface area contributed by atoms with Crippen molar-refractivity contribution in [2.24, 2.45) is 0 Å². The maximum absolute atomic E-state index is 5.09. The molecule has 2 N–H and O–H groups in total. The van der Waals surface area contributed by atoms with E-state index in [1.54, 1.807) is 0 Å². The number of aromatic amines is 2. The molecule has 10 aromatic rings. The summed E-state index contributed by atoms with van der Waals surface area (Å²) in [4.78, 5) is 17.5. The molecule has 0 bridgehead atoms. The van der Waals surface area contributed by atoms with Crippen LogP contribution in [0.25, 0.3) is 99.8 Å². The maximum Gasteiger partial charge on any atom is 0.139 e. The second kappa shape index (κ2) is 10.8. The molecule has 3 aliphatic carbocycles. The van der Waals surface area contributed by atoms with Crippen molar-refractivity contribution in [2.45, 2.75) is 57.8 Å². The van der Waals surface area contributed by atoms with Crippen molar-refractivity contribution < 1.29 is 0 Å². The van der Waals surface area contributed by atoms with E-state index in [2.05, 4.69) is 185 Å². The predicted octanol–water partition coefficient (Wildman–Crippen LogP) is 14.0. The molecule has 0 amide bonds. The molecular formula is C55H42N4. The molecule has 4 heteroatoms. The van der Waals surface area contributed by atoms with Gasteiger partial charge in [0.25, 0.3) is 0 Å². The topological polar surface area (TPSA) is 57.4 Å². The Morgan fingerprint density at radius 2 is 0.661 bits per heavy atom. The van der Waals surface area contributed by atoms with Gasteiger partial charge in [0.05, 0.1) is 22.1 Å². The van der Waals surface area contributed by atoms with Crippen molar-refractivity contribution in [1.82, 2.24) is 19.9 Å². The molecule has 0 fully saturated rings. The summed E-state index contributed by atoms with van der Waals surface area (Å²) in [6.45, 7) is 14.5. The van der Waals surface area contributed by atoms with E-state index >= 15 is 0 Å². The average molecular weight is 759 g/mol. The summed E-state index contributed by atoms with van der Waals surface area (Å²) in [5, 5.41) is 5.02. The van der Waals surface area contributed by atoms with Crippen LogP contribution in [0.3, 0.4) is 0 Å². The SMILES string of the molecule is CC1(C)c2cc3c(cc2-c2cc4c(cc21)-c1c(cc(-c2nc5ccccc5[nH]2)c2ccccc12)C4(C)C)C(C)(C)c1cc(-c2nc4ccccc4[nH]2)c2ccccc2c1-3. The minimum Gasteiger partial charge on any atom is -0.338 e. The summed E-state index contributed by atoms with van der Waals surface area (Å²) in [6, 6.07) is 49.6. The molecule has 0 saturated heterocycles. The van der Waals surface area contributed by atoms with Gasteiger partial charge in [0.2, 0.25) is 0 Å². The number of hydrogen-bond acceptors (Lipinski definition) is 2. The first-order valence-corrected chi connectivity index (χ1v) is 20.9. The summed E-state index contributed by atoms with van der Waals surface area (Å²) in [5.41, 5.74) is 22.3. The van der Waals surface area contributed by atoms with Gasteiger partial charge in [-0.05, 0) is 149 Å². The third-order valence-corrected chi connectivity index (χ3v) is 14.6. The van der Waals surface area contributed by atoms with Crippen LogP contribution in [0, 0.1) is 0 Å². The molecule has 2 heterocycles. The molecule has 0 aliphatic heterocycles. The Balaban J connectivity index is 1.00. The Labute approximate surface area is 343 Å². The van der Waals surface area contributed by atoms with Crippen LogP contribution >= 0.6 is 0 Å². The van der Waals surface area contributed by atoms with Gasteiger partial charge in [-0.2, -0.15) is 0 Å². The zero-order chi connectivity index (χ0) is 39.7. The van der Waals surface area contributed by atoms with Crippen LogP contribution in [0.4, 0.5) is 0 Å². The first kappa shape index (κ1) is 33.2. The number of para-hydroxylation sites is 4. The lowest BCUT2D eigenvalue weighted by Crippen LogP contribution is -2.17. The van der Waals surface area contributed by atoms with Crippen LogP contribution in [0.2, 0.25) is 0 Å². The number of fused-ring (bicyclic) bond motifs is 15. The van der Waals surface area contributed by atoms with Gasteiger partial charge >= 0.3 is 0 Å². The van der Waals surface area contributed by atoms with Crippen molar-refractivity contribution in [1.29, 1.82) is 0 Å². The molecule has 0 unspecified atom stereocenters. The molecule has 8 aromatic carbocycles. The summed E-state index contributed by atoms with van der Waals surface area (Å²) in [5.74, 6) is 1.84. The van der Waals surface area contributed by atoms with Gasteiger partial charge in [-0.3, -0.25) is 0 Å². The predicted molar refractivity (Wildman–Crippen MR) is 244 cm³/mol. The minimum atomic E-state index is -0.213. The molecule has 0 saturated carbocycles. The molecule has 59 heavy (non-hydrogen) atoms. The summed E-state index contributed by atoms with van der Waals surface area (Å²) < 4.78 is 0. The Kier molecular flexibility index (Phi) is 6.10. The van der Waals surface area contributed by atoms with Crippen LogP contribution < -0.4 is 0 Å². The fourth-order valence-electron chi connectivity index (χ4n) is 11.4. The zero-order valence-electron chi connectivity index (χ0n) is 34.1. The van der Waals surface area contributed by atoms with Crippen LogP contribution in [0.15, 0.2) is 133 Å². The number of hydrogen-bond donors (Lipinski definition) is 2. The van der Waals surface area contributed by atoms with Gasteiger partial charge < -0.3 is 9.97 Å². The van der Waals surface area contributed by atoms with E-state index in [1.807, 2.05) is 0 Å². The van der Waals surface area contributed by atoms with E-state index in [0.717, 1.165) is 44.8 Å². The molecule has 2 aromatic heterocycles. The monoisotopic (exact) mass is 758 g/mol. The fourth-order valence-corrected chi connectivity index (χ4v) is 11.4. The molecule has 4 nitrogen and oxygen atoms in total. The minimum absolute atomic E-state index is 0.192. The van der Waals surface area contributed by atoms with E-state index in [1.165, 1.54) is 88.3 Å². The Bertz CT molecular complexity index is 3230. The van der Waals surface area contributed by atoms with Crippen molar-refractivity contribution in [2.75, 3.05) is 0 Å². The quantitative estimate of drug-likeness (QED) is 0.184. The number of nitrogens with zero attached hydrogens (tertiary/aromatic N) is 2. The van der Waals surface area contributed by atoms with Crippen molar-refractivity contribution >= 4 is 43.6 Å². The maximum atomic E-state index is 5.09. The summed E-state index contributed by atoms with van der Waals surface area (Å²) in [6.07, 6.45) is 0. The lowest BCUT2D eigenvalue weighted by molar-refractivity contribution is 0.649. The number of aromatic nitrogens is 4. The summed E-state index contributed by atoms with van der Waals surface area (Å²) >= 11 is 0. The standard InChI is InChI=1S/C55H42N4/c1-53(2)39-27-37-41(54(3,4)43-25-35(29-15-7-9-17-31(29)49(37)43)51-56-45-19-11-12-20-46(45)57-51)23-33(39)34-24-42-38(28-40(34)53)50-32-18-10-8-16-30(32)36(26-44(50)55(42,5)6)52-58-47-21-13-14-22-48(47)59-52/h7-28H,1-6H3,(H,56,57)(H,58,59). The Morgan fingerprint density at radius 1 is 0.339 bits per heavy atom. The van der Waals surface area contributed by atoms with E-state index in [0.29, 0.717) is 0 Å². The highest BCUT2D eigenvalue weighted by Gasteiger charge is 2.45. The van der Waals surface area contributed by atoms with E-state index in [4.69, 9.17) is 9.97 Å². The number of H-pyrrole nitrogens is 2. The lowest BCUT2D eigenvalue weighted by atomic mass is 9.78. The van der Waals surface area contributed by atoms with Crippen molar-refractivity contribution in [3.8, 4) is 56.2 Å². The van der Waals surface area contributed by atoms with E-state index in [-0.39, 0.29) is 16.2 Å². The van der Waals surface area contributed by atoms with Crippen LogP contribution in [-0.2, 0) is 16.2 Å².